The predicted molar refractivity (Wildman–Crippen MR) is 132 cm³/mol. The van der Waals surface area contributed by atoms with E-state index in [0.29, 0.717) is 31.2 Å². The van der Waals surface area contributed by atoms with Gasteiger partial charge in [-0.1, -0.05) is 19.9 Å². The van der Waals surface area contributed by atoms with E-state index in [1.165, 1.54) is 11.8 Å². The van der Waals surface area contributed by atoms with Crippen LogP contribution < -0.4 is 10.6 Å². The molecular formula is C26H32FN5O3. The Morgan fingerprint density at radius 2 is 1.94 bits per heavy atom. The molecule has 3 atom stereocenters. The molecule has 4 heterocycles. The Kier molecular flexibility index (Phi) is 7.19. The highest BCUT2D eigenvalue weighted by atomic mass is 19.1. The Labute approximate surface area is 204 Å². The summed E-state index contributed by atoms with van der Waals surface area (Å²) in [6, 6.07) is 5.84. The van der Waals surface area contributed by atoms with Crippen molar-refractivity contribution in [1.82, 2.24) is 20.3 Å². The minimum absolute atomic E-state index is 0.215. The number of pyridine rings is 1. The lowest BCUT2D eigenvalue weighted by atomic mass is 9.92. The van der Waals surface area contributed by atoms with Crippen molar-refractivity contribution in [2.75, 3.05) is 31.7 Å². The molecule has 0 aliphatic carbocycles. The highest BCUT2D eigenvalue weighted by molar-refractivity contribution is 5.88. The van der Waals surface area contributed by atoms with Gasteiger partial charge in [0.05, 0.1) is 37.1 Å². The Balaban J connectivity index is 1.47. The van der Waals surface area contributed by atoms with Gasteiger partial charge in [-0.25, -0.2) is 14.4 Å². The van der Waals surface area contributed by atoms with Gasteiger partial charge in [-0.2, -0.15) is 0 Å². The van der Waals surface area contributed by atoms with Crippen LogP contribution in [0, 0.1) is 5.82 Å². The fourth-order valence-corrected chi connectivity index (χ4v) is 4.87. The number of anilines is 1. The number of nitrogens with zero attached hydrogens (tertiary/aromatic N) is 3. The highest BCUT2D eigenvalue weighted by Gasteiger charge is 2.25. The Morgan fingerprint density at radius 3 is 2.71 bits per heavy atom. The van der Waals surface area contributed by atoms with E-state index in [1.54, 1.807) is 0 Å². The summed E-state index contributed by atoms with van der Waals surface area (Å²) in [5.41, 5.74) is 4.07. The van der Waals surface area contributed by atoms with Crippen LogP contribution in [0.15, 0.2) is 30.6 Å². The number of nitrogens with one attached hydrogen (secondary N) is 2. The van der Waals surface area contributed by atoms with Crippen molar-refractivity contribution in [3.8, 4) is 11.3 Å². The average molecular weight is 482 g/mol. The quantitative estimate of drug-likeness (QED) is 0.472. The number of aliphatic hydroxyl groups is 1. The third-order valence-corrected chi connectivity index (χ3v) is 6.74. The maximum absolute atomic E-state index is 14.9. The van der Waals surface area contributed by atoms with E-state index in [9.17, 15) is 9.50 Å². The van der Waals surface area contributed by atoms with Gasteiger partial charge < -0.3 is 25.2 Å². The van der Waals surface area contributed by atoms with Crippen molar-refractivity contribution in [3.05, 3.63) is 47.5 Å². The van der Waals surface area contributed by atoms with Crippen molar-refractivity contribution in [2.24, 2.45) is 0 Å². The van der Waals surface area contributed by atoms with Gasteiger partial charge in [-0.05, 0) is 42.0 Å². The van der Waals surface area contributed by atoms with Crippen molar-refractivity contribution in [1.29, 1.82) is 0 Å². The molecule has 2 aromatic heterocycles. The highest BCUT2D eigenvalue weighted by Crippen LogP contribution is 2.32. The van der Waals surface area contributed by atoms with Crippen LogP contribution in [0.1, 0.15) is 43.7 Å². The van der Waals surface area contributed by atoms with E-state index in [1.807, 2.05) is 24.4 Å². The molecule has 9 heteroatoms. The molecule has 35 heavy (non-hydrogen) atoms. The molecule has 5 rings (SSSR count). The van der Waals surface area contributed by atoms with Gasteiger partial charge in [0.2, 0.25) is 5.95 Å². The Morgan fingerprint density at radius 1 is 1.11 bits per heavy atom. The Bertz CT molecular complexity index is 1190. The second-order valence-corrected chi connectivity index (χ2v) is 9.60. The number of hydrogen-bond acceptors (Lipinski definition) is 8. The summed E-state index contributed by atoms with van der Waals surface area (Å²) in [6.07, 6.45) is 4.08. The summed E-state index contributed by atoms with van der Waals surface area (Å²) >= 11 is 0. The number of rotatable bonds is 7. The van der Waals surface area contributed by atoms with Crippen molar-refractivity contribution in [3.63, 3.8) is 0 Å². The fourth-order valence-electron chi connectivity index (χ4n) is 4.87. The maximum Gasteiger partial charge on any atom is 0.223 e. The summed E-state index contributed by atoms with van der Waals surface area (Å²) in [5.74, 6) is 0.0433. The first-order valence-electron chi connectivity index (χ1n) is 12.3. The van der Waals surface area contributed by atoms with Crippen LogP contribution in [0.25, 0.3) is 22.2 Å². The van der Waals surface area contributed by atoms with Crippen LogP contribution in [-0.2, 0) is 16.0 Å². The molecule has 3 N–H and O–H groups in total. The van der Waals surface area contributed by atoms with Crippen LogP contribution in [0.5, 0.6) is 0 Å². The molecule has 0 radical (unpaired) electrons. The molecule has 0 spiro atoms. The average Bonchev–Trinajstić information content (AvgIpc) is 3.38. The Hall–Kier alpha value is -2.72. The van der Waals surface area contributed by atoms with Crippen LogP contribution in [0.2, 0.25) is 0 Å². The molecule has 186 valence electrons. The predicted octanol–water partition coefficient (Wildman–Crippen LogP) is 3.39. The second kappa shape index (κ2) is 10.5. The van der Waals surface area contributed by atoms with Gasteiger partial charge >= 0.3 is 0 Å². The summed E-state index contributed by atoms with van der Waals surface area (Å²) < 4.78 is 25.6. The fraction of sp³-hybridized carbons (Fsp3) is 0.500. The molecule has 0 bridgehead atoms. The minimum Gasteiger partial charge on any atom is -0.389 e. The van der Waals surface area contributed by atoms with Crippen LogP contribution in [0.3, 0.4) is 0 Å². The first-order chi connectivity index (χ1) is 17.0. The molecule has 2 aliphatic heterocycles. The molecule has 1 unspecified atom stereocenters. The number of ether oxygens (including phenoxy) is 2. The monoisotopic (exact) mass is 481 g/mol. The summed E-state index contributed by atoms with van der Waals surface area (Å²) in [5, 5.41) is 17.9. The molecule has 2 fully saturated rings. The van der Waals surface area contributed by atoms with E-state index >= 15 is 0 Å². The summed E-state index contributed by atoms with van der Waals surface area (Å²) in [6.45, 7) is 7.36. The third kappa shape index (κ3) is 5.28. The van der Waals surface area contributed by atoms with Gasteiger partial charge in [0.15, 0.2) is 5.82 Å². The number of hydrogen-bond donors (Lipinski definition) is 3. The molecule has 2 saturated heterocycles. The van der Waals surface area contributed by atoms with Crippen molar-refractivity contribution in [2.45, 2.75) is 57.3 Å². The smallest absolute Gasteiger partial charge is 0.223 e. The molecular weight excluding hydrogens is 449 g/mol. The minimum atomic E-state index is -0.663. The topological polar surface area (TPSA) is 101 Å². The zero-order chi connectivity index (χ0) is 24.4. The lowest BCUT2D eigenvalue weighted by Gasteiger charge is -2.28. The zero-order valence-corrected chi connectivity index (χ0v) is 20.1. The van der Waals surface area contributed by atoms with Crippen LogP contribution in [0.4, 0.5) is 10.3 Å². The van der Waals surface area contributed by atoms with E-state index in [2.05, 4.69) is 39.4 Å². The van der Waals surface area contributed by atoms with Gasteiger partial charge in [-0.3, -0.25) is 4.98 Å². The normalized spacial score (nSPS) is 22.7. The molecule has 3 aromatic rings. The van der Waals surface area contributed by atoms with Gasteiger partial charge in [0.25, 0.3) is 0 Å². The maximum atomic E-state index is 14.9. The van der Waals surface area contributed by atoms with Crippen LogP contribution >= 0.6 is 0 Å². The second-order valence-electron chi connectivity index (χ2n) is 9.60. The van der Waals surface area contributed by atoms with Crippen LogP contribution in [-0.4, -0.2) is 64.7 Å². The third-order valence-electron chi connectivity index (χ3n) is 6.74. The first-order valence-corrected chi connectivity index (χ1v) is 12.3. The number of benzene rings is 1. The first kappa shape index (κ1) is 24.0. The summed E-state index contributed by atoms with van der Waals surface area (Å²) in [7, 11) is 0. The number of halogens is 1. The lowest BCUT2D eigenvalue weighted by molar-refractivity contribution is -0.0136. The molecule has 2 aliphatic rings. The summed E-state index contributed by atoms with van der Waals surface area (Å²) in [4.78, 5) is 13.2. The van der Waals surface area contributed by atoms with Gasteiger partial charge in [0, 0.05) is 42.9 Å². The zero-order valence-electron chi connectivity index (χ0n) is 20.1. The standard InChI is InChI=1S/C26H32FN5O3/c1-15(2)24-17(10-28-18-5-7-34-13-18)11-29-21-4-3-16(9-19(21)24)25-20(27)12-30-26(32-25)31-22-6-8-35-14-23(22)33/h3-4,9,11-12,15,18,22-23,28,33H,5-8,10,13-14H2,1-2H3,(H,30,31,32)/t18?,22-,23-/m1/s1. The molecule has 1 aromatic carbocycles. The van der Waals surface area contributed by atoms with Gasteiger partial charge in [-0.15, -0.1) is 0 Å². The molecule has 8 nitrogen and oxygen atoms in total. The van der Waals surface area contributed by atoms with E-state index in [4.69, 9.17) is 9.47 Å². The van der Waals surface area contributed by atoms with Crippen molar-refractivity contribution >= 4 is 16.9 Å². The number of fused-ring (bicyclic) bond motifs is 1. The largest absolute Gasteiger partial charge is 0.389 e. The SMILES string of the molecule is CC(C)c1c(CNC2CCOC2)cnc2ccc(-c3nc(N[C@@H]4CCOC[C@H]4O)ncc3F)cc12. The molecule has 0 amide bonds. The van der Waals surface area contributed by atoms with E-state index < -0.39 is 11.9 Å². The molecule has 0 saturated carbocycles. The van der Waals surface area contributed by atoms with E-state index in [0.717, 1.165) is 36.1 Å². The number of aromatic nitrogens is 3. The van der Waals surface area contributed by atoms with E-state index in [-0.39, 0.29) is 30.2 Å². The van der Waals surface area contributed by atoms with Crippen molar-refractivity contribution < 1.29 is 19.0 Å². The lowest BCUT2D eigenvalue weighted by Crippen LogP contribution is -2.42. The van der Waals surface area contributed by atoms with Gasteiger partial charge in [0.1, 0.15) is 5.69 Å². The number of aliphatic hydroxyl groups excluding tert-OH is 1.